The van der Waals surface area contributed by atoms with Crippen LogP contribution in [-0.4, -0.2) is 38.5 Å². The van der Waals surface area contributed by atoms with Gasteiger partial charge in [-0.1, -0.05) is 24.6 Å². The van der Waals surface area contributed by atoms with Crippen LogP contribution in [0.3, 0.4) is 0 Å². The first-order valence-corrected chi connectivity index (χ1v) is 8.45. The molecule has 0 bridgehead atoms. The molecule has 0 radical (unpaired) electrons. The van der Waals surface area contributed by atoms with Crippen molar-refractivity contribution in [2.75, 3.05) is 11.9 Å². The number of carbonyl (C=O) groups excluding carboxylic acids is 1. The van der Waals surface area contributed by atoms with E-state index in [-0.39, 0.29) is 11.9 Å². The van der Waals surface area contributed by atoms with Gasteiger partial charge in [0, 0.05) is 12.1 Å². The smallest absolute Gasteiger partial charge is 0.242 e. The fraction of sp³-hybridized carbons (Fsp3) is 0.529. The number of rotatable bonds is 7. The van der Waals surface area contributed by atoms with Crippen molar-refractivity contribution in [1.29, 1.82) is 0 Å². The predicted molar refractivity (Wildman–Crippen MR) is 89.3 cm³/mol. The first kappa shape index (κ1) is 16.6. The van der Waals surface area contributed by atoms with Gasteiger partial charge in [-0.15, -0.1) is 0 Å². The van der Waals surface area contributed by atoms with E-state index < -0.39 is 0 Å². The van der Waals surface area contributed by atoms with Crippen LogP contribution in [0.25, 0.3) is 0 Å². The highest BCUT2D eigenvalue weighted by molar-refractivity contribution is 5.93. The summed E-state index contributed by atoms with van der Waals surface area (Å²) < 4.78 is 5.35. The Balaban J connectivity index is 1.59. The lowest BCUT2D eigenvalue weighted by atomic mass is 9.85. The zero-order valence-corrected chi connectivity index (χ0v) is 14.1. The van der Waals surface area contributed by atoms with Gasteiger partial charge in [0.2, 0.25) is 11.8 Å². The van der Waals surface area contributed by atoms with Gasteiger partial charge in [0.15, 0.2) is 5.82 Å². The zero-order valence-electron chi connectivity index (χ0n) is 14.1. The average Bonchev–Trinajstić information content (AvgIpc) is 2.99. The van der Waals surface area contributed by atoms with Crippen molar-refractivity contribution in [3.63, 3.8) is 0 Å². The van der Waals surface area contributed by atoms with E-state index >= 15 is 0 Å². The molecule has 2 heterocycles. The number of hydrogen-bond acceptors (Lipinski definition) is 6. The summed E-state index contributed by atoms with van der Waals surface area (Å²) in [6.07, 6.45) is 5.14. The standard InChI is InChI=1S/C17H23N5O2/c1-3-22(11-15-20-17(24-21-15)13-7-6-8-13)12(2)16(23)19-14-9-4-5-10-18-14/h4-5,9-10,12-13H,3,6-8,11H2,1-2H3,(H,18,19,23)/t12-/m0/s1. The molecule has 0 saturated heterocycles. The van der Waals surface area contributed by atoms with Crippen LogP contribution in [0.15, 0.2) is 28.9 Å². The molecular formula is C17H23N5O2. The maximum atomic E-state index is 12.4. The molecular weight excluding hydrogens is 306 g/mol. The Labute approximate surface area is 141 Å². The molecule has 1 fully saturated rings. The summed E-state index contributed by atoms with van der Waals surface area (Å²) in [6.45, 7) is 5.08. The van der Waals surface area contributed by atoms with E-state index in [1.807, 2.05) is 30.9 Å². The Bertz CT molecular complexity index is 669. The van der Waals surface area contributed by atoms with Gasteiger partial charge in [-0.05, 0) is 38.4 Å². The number of nitrogens with one attached hydrogen (secondary N) is 1. The van der Waals surface area contributed by atoms with Crippen LogP contribution >= 0.6 is 0 Å². The fourth-order valence-corrected chi connectivity index (χ4v) is 2.69. The van der Waals surface area contributed by atoms with Crippen molar-refractivity contribution in [3.05, 3.63) is 36.1 Å². The average molecular weight is 329 g/mol. The Morgan fingerprint density at radius 1 is 1.46 bits per heavy atom. The maximum absolute atomic E-state index is 12.4. The molecule has 0 spiro atoms. The van der Waals surface area contributed by atoms with Crippen LogP contribution in [0, 0.1) is 0 Å². The highest BCUT2D eigenvalue weighted by Crippen LogP contribution is 2.35. The number of hydrogen-bond donors (Lipinski definition) is 1. The maximum Gasteiger partial charge on any atom is 0.242 e. The van der Waals surface area contributed by atoms with Gasteiger partial charge in [0.25, 0.3) is 0 Å². The number of carbonyl (C=O) groups is 1. The number of likely N-dealkylation sites (N-methyl/N-ethyl adjacent to an activating group) is 1. The SMILES string of the molecule is CCN(Cc1noc(C2CCC2)n1)[C@@H](C)C(=O)Nc1ccccn1. The zero-order chi connectivity index (χ0) is 16.9. The Morgan fingerprint density at radius 3 is 2.92 bits per heavy atom. The van der Waals surface area contributed by atoms with Crippen LogP contribution in [0.4, 0.5) is 5.82 Å². The molecule has 0 aliphatic heterocycles. The van der Waals surface area contributed by atoms with Gasteiger partial charge in [-0.3, -0.25) is 9.69 Å². The number of pyridine rings is 1. The van der Waals surface area contributed by atoms with Crippen LogP contribution in [0.1, 0.15) is 50.7 Å². The van der Waals surface area contributed by atoms with E-state index in [0.717, 1.165) is 18.7 Å². The van der Waals surface area contributed by atoms with Crippen molar-refractivity contribution in [2.45, 2.75) is 51.6 Å². The van der Waals surface area contributed by atoms with E-state index in [1.165, 1.54) is 6.42 Å². The number of amides is 1. The van der Waals surface area contributed by atoms with E-state index in [9.17, 15) is 4.79 Å². The second kappa shape index (κ2) is 7.53. The van der Waals surface area contributed by atoms with Crippen molar-refractivity contribution in [3.8, 4) is 0 Å². The van der Waals surface area contributed by atoms with Crippen molar-refractivity contribution < 1.29 is 9.32 Å². The van der Waals surface area contributed by atoms with Crippen molar-refractivity contribution in [2.24, 2.45) is 0 Å². The summed E-state index contributed by atoms with van der Waals surface area (Å²) in [7, 11) is 0. The summed E-state index contributed by atoms with van der Waals surface area (Å²) in [4.78, 5) is 23.0. The van der Waals surface area contributed by atoms with Gasteiger partial charge in [-0.2, -0.15) is 4.98 Å². The van der Waals surface area contributed by atoms with Crippen LogP contribution < -0.4 is 5.32 Å². The normalized spacial score (nSPS) is 16.0. The lowest BCUT2D eigenvalue weighted by Gasteiger charge is -2.25. The van der Waals surface area contributed by atoms with E-state index in [1.54, 1.807) is 12.3 Å². The quantitative estimate of drug-likeness (QED) is 0.840. The minimum atomic E-state index is -0.317. The Morgan fingerprint density at radius 2 is 2.29 bits per heavy atom. The summed E-state index contributed by atoms with van der Waals surface area (Å²) in [5, 5.41) is 6.89. The molecule has 2 aromatic rings. The number of aromatic nitrogens is 3. The molecule has 0 unspecified atom stereocenters. The highest BCUT2D eigenvalue weighted by Gasteiger charge is 2.27. The molecule has 3 rings (SSSR count). The molecule has 128 valence electrons. The molecule has 7 heteroatoms. The molecule has 1 amide bonds. The number of nitrogens with zero attached hydrogens (tertiary/aromatic N) is 4. The molecule has 1 atom stereocenters. The van der Waals surface area contributed by atoms with Gasteiger partial charge >= 0.3 is 0 Å². The van der Waals surface area contributed by atoms with Gasteiger partial charge in [0.1, 0.15) is 5.82 Å². The predicted octanol–water partition coefficient (Wildman–Crippen LogP) is 2.58. The lowest BCUT2D eigenvalue weighted by molar-refractivity contribution is -0.121. The second-order valence-electron chi connectivity index (χ2n) is 6.12. The Kier molecular flexibility index (Phi) is 5.20. The first-order valence-electron chi connectivity index (χ1n) is 8.45. The first-order chi connectivity index (χ1) is 11.7. The van der Waals surface area contributed by atoms with Crippen LogP contribution in [-0.2, 0) is 11.3 Å². The minimum Gasteiger partial charge on any atom is -0.339 e. The molecule has 7 nitrogen and oxygen atoms in total. The largest absolute Gasteiger partial charge is 0.339 e. The van der Waals surface area contributed by atoms with Gasteiger partial charge in [0.05, 0.1) is 12.6 Å². The van der Waals surface area contributed by atoms with Crippen molar-refractivity contribution in [1.82, 2.24) is 20.0 Å². The van der Waals surface area contributed by atoms with Gasteiger partial charge in [-0.25, -0.2) is 4.98 Å². The monoisotopic (exact) mass is 329 g/mol. The van der Waals surface area contributed by atoms with Gasteiger partial charge < -0.3 is 9.84 Å². The summed E-state index contributed by atoms with van der Waals surface area (Å²) in [5.74, 6) is 2.25. The van der Waals surface area contributed by atoms with Crippen LogP contribution in [0.2, 0.25) is 0 Å². The highest BCUT2D eigenvalue weighted by atomic mass is 16.5. The third-order valence-corrected chi connectivity index (χ3v) is 4.53. The Hall–Kier alpha value is -2.28. The molecule has 1 saturated carbocycles. The number of anilines is 1. The molecule has 0 aromatic carbocycles. The van der Waals surface area contributed by atoms with Crippen LogP contribution in [0.5, 0.6) is 0 Å². The molecule has 1 N–H and O–H groups in total. The third kappa shape index (κ3) is 3.79. The summed E-state index contributed by atoms with van der Waals surface area (Å²) >= 11 is 0. The second-order valence-corrected chi connectivity index (χ2v) is 6.12. The van der Waals surface area contributed by atoms with E-state index in [0.29, 0.717) is 30.6 Å². The minimum absolute atomic E-state index is 0.0988. The lowest BCUT2D eigenvalue weighted by Crippen LogP contribution is -2.41. The topological polar surface area (TPSA) is 84.2 Å². The molecule has 1 aliphatic rings. The molecule has 24 heavy (non-hydrogen) atoms. The molecule has 1 aliphatic carbocycles. The fourth-order valence-electron chi connectivity index (χ4n) is 2.69. The van der Waals surface area contributed by atoms with E-state index in [4.69, 9.17) is 4.52 Å². The third-order valence-electron chi connectivity index (χ3n) is 4.53. The summed E-state index contributed by atoms with van der Waals surface area (Å²) in [5.41, 5.74) is 0. The van der Waals surface area contributed by atoms with E-state index in [2.05, 4.69) is 20.4 Å². The van der Waals surface area contributed by atoms with Crippen molar-refractivity contribution >= 4 is 11.7 Å². The summed E-state index contributed by atoms with van der Waals surface area (Å²) in [6, 6.07) is 5.10. The molecule has 2 aromatic heterocycles.